The van der Waals surface area contributed by atoms with Crippen LogP contribution >= 0.6 is 12.4 Å². The molecule has 2 aromatic carbocycles. The quantitative estimate of drug-likeness (QED) is 0.880. The maximum Gasteiger partial charge on any atom is 0.337 e. The summed E-state index contributed by atoms with van der Waals surface area (Å²) < 4.78 is 10.4. The Kier molecular flexibility index (Phi) is 6.03. The Balaban J connectivity index is 0.00000200. The summed E-state index contributed by atoms with van der Waals surface area (Å²) in [5, 5.41) is 0. The normalized spacial score (nSPS) is 9.50. The third-order valence-corrected chi connectivity index (χ3v) is 2.70. The first-order chi connectivity index (χ1) is 9.24. The average molecular weight is 294 g/mol. The van der Waals surface area contributed by atoms with Gasteiger partial charge in [0.15, 0.2) is 0 Å². The molecule has 0 heterocycles. The van der Waals surface area contributed by atoms with Crippen molar-refractivity contribution in [3.63, 3.8) is 0 Å². The molecule has 2 N–H and O–H groups in total. The lowest BCUT2D eigenvalue weighted by Crippen LogP contribution is -2.01. The van der Waals surface area contributed by atoms with Gasteiger partial charge in [0.2, 0.25) is 0 Å². The van der Waals surface area contributed by atoms with Crippen LogP contribution in [-0.4, -0.2) is 13.1 Å². The molecule has 0 amide bonds. The summed E-state index contributed by atoms with van der Waals surface area (Å²) >= 11 is 0. The zero-order chi connectivity index (χ0) is 13.7. The van der Waals surface area contributed by atoms with Crippen molar-refractivity contribution in [2.24, 2.45) is 5.73 Å². The SMILES string of the molecule is COC(=O)c1ccc(Oc2ccccc2CN)cc1.Cl. The molecule has 2 rings (SSSR count). The zero-order valence-electron chi connectivity index (χ0n) is 11.0. The van der Waals surface area contributed by atoms with Crippen molar-refractivity contribution < 1.29 is 14.3 Å². The highest BCUT2D eigenvalue weighted by molar-refractivity contribution is 5.89. The van der Waals surface area contributed by atoms with E-state index in [0.29, 0.717) is 17.9 Å². The Morgan fingerprint density at radius 3 is 2.35 bits per heavy atom. The van der Waals surface area contributed by atoms with Gasteiger partial charge in [-0.2, -0.15) is 0 Å². The van der Waals surface area contributed by atoms with Gasteiger partial charge in [-0.15, -0.1) is 12.4 Å². The number of esters is 1. The number of carbonyl (C=O) groups excluding carboxylic acids is 1. The van der Waals surface area contributed by atoms with Gasteiger partial charge in [0.05, 0.1) is 12.7 Å². The Morgan fingerprint density at radius 2 is 1.75 bits per heavy atom. The van der Waals surface area contributed by atoms with Crippen LogP contribution in [0.3, 0.4) is 0 Å². The minimum absolute atomic E-state index is 0. The van der Waals surface area contributed by atoms with E-state index in [2.05, 4.69) is 4.74 Å². The molecule has 0 aromatic heterocycles. The molecule has 0 aliphatic heterocycles. The minimum atomic E-state index is -0.367. The van der Waals surface area contributed by atoms with Crippen molar-refractivity contribution in [2.75, 3.05) is 7.11 Å². The van der Waals surface area contributed by atoms with Gasteiger partial charge in [0.25, 0.3) is 0 Å². The van der Waals surface area contributed by atoms with Gasteiger partial charge in [-0.25, -0.2) is 4.79 Å². The topological polar surface area (TPSA) is 61.5 Å². The maximum absolute atomic E-state index is 11.3. The van der Waals surface area contributed by atoms with Crippen LogP contribution < -0.4 is 10.5 Å². The Hall–Kier alpha value is -2.04. The monoisotopic (exact) mass is 293 g/mol. The predicted molar refractivity (Wildman–Crippen MR) is 79.4 cm³/mol. The van der Waals surface area contributed by atoms with Crippen LogP contribution in [0.4, 0.5) is 0 Å². The van der Waals surface area contributed by atoms with E-state index in [0.717, 1.165) is 11.3 Å². The second-order valence-corrected chi connectivity index (χ2v) is 3.93. The summed E-state index contributed by atoms with van der Waals surface area (Å²) in [6.45, 7) is 0.413. The third kappa shape index (κ3) is 3.73. The van der Waals surface area contributed by atoms with Gasteiger partial charge in [0, 0.05) is 12.1 Å². The molecule has 0 fully saturated rings. The van der Waals surface area contributed by atoms with E-state index in [1.807, 2.05) is 24.3 Å². The summed E-state index contributed by atoms with van der Waals surface area (Å²) in [6.07, 6.45) is 0. The first kappa shape index (κ1) is 16.0. The van der Waals surface area contributed by atoms with E-state index >= 15 is 0 Å². The summed E-state index contributed by atoms with van der Waals surface area (Å²) in [4.78, 5) is 11.3. The fraction of sp³-hybridized carbons (Fsp3) is 0.133. The number of benzene rings is 2. The second-order valence-electron chi connectivity index (χ2n) is 3.93. The van der Waals surface area contributed by atoms with Gasteiger partial charge in [-0.3, -0.25) is 0 Å². The molecule has 5 heteroatoms. The van der Waals surface area contributed by atoms with Gasteiger partial charge in [-0.05, 0) is 30.3 Å². The van der Waals surface area contributed by atoms with Crippen molar-refractivity contribution in [1.29, 1.82) is 0 Å². The predicted octanol–water partition coefficient (Wildman–Crippen LogP) is 3.15. The van der Waals surface area contributed by atoms with Crippen LogP contribution in [-0.2, 0) is 11.3 Å². The number of nitrogens with two attached hydrogens (primary N) is 1. The maximum atomic E-state index is 11.3. The van der Waals surface area contributed by atoms with Gasteiger partial charge in [-0.1, -0.05) is 18.2 Å². The largest absolute Gasteiger partial charge is 0.465 e. The number of ether oxygens (including phenoxy) is 2. The first-order valence-electron chi connectivity index (χ1n) is 5.89. The Morgan fingerprint density at radius 1 is 1.10 bits per heavy atom. The van der Waals surface area contributed by atoms with E-state index in [1.165, 1.54) is 7.11 Å². The number of methoxy groups -OCH3 is 1. The fourth-order valence-corrected chi connectivity index (χ4v) is 1.68. The van der Waals surface area contributed by atoms with E-state index in [-0.39, 0.29) is 18.4 Å². The van der Waals surface area contributed by atoms with Crippen molar-refractivity contribution in [3.05, 3.63) is 59.7 Å². The van der Waals surface area contributed by atoms with E-state index < -0.39 is 0 Å². The molecule has 0 saturated carbocycles. The number of hydrogen-bond acceptors (Lipinski definition) is 4. The lowest BCUT2D eigenvalue weighted by Gasteiger charge is -2.10. The van der Waals surface area contributed by atoms with Crippen molar-refractivity contribution in [3.8, 4) is 11.5 Å². The number of para-hydroxylation sites is 1. The van der Waals surface area contributed by atoms with Crippen LogP contribution in [0.15, 0.2) is 48.5 Å². The minimum Gasteiger partial charge on any atom is -0.465 e. The molecule has 0 aliphatic rings. The van der Waals surface area contributed by atoms with Crippen LogP contribution in [0.5, 0.6) is 11.5 Å². The lowest BCUT2D eigenvalue weighted by molar-refractivity contribution is 0.0600. The van der Waals surface area contributed by atoms with Crippen molar-refractivity contribution >= 4 is 18.4 Å². The molecule has 106 valence electrons. The molecule has 4 nitrogen and oxygen atoms in total. The Labute approximate surface area is 123 Å². The molecule has 2 aromatic rings. The van der Waals surface area contributed by atoms with E-state index in [9.17, 15) is 4.79 Å². The lowest BCUT2D eigenvalue weighted by atomic mass is 10.2. The van der Waals surface area contributed by atoms with Crippen LogP contribution in [0, 0.1) is 0 Å². The fourth-order valence-electron chi connectivity index (χ4n) is 1.68. The van der Waals surface area contributed by atoms with E-state index in [1.54, 1.807) is 24.3 Å². The molecular formula is C15H16ClNO3. The highest BCUT2D eigenvalue weighted by atomic mass is 35.5. The number of hydrogen-bond donors (Lipinski definition) is 1. The molecular weight excluding hydrogens is 278 g/mol. The smallest absolute Gasteiger partial charge is 0.337 e. The molecule has 0 aliphatic carbocycles. The second kappa shape index (κ2) is 7.53. The number of halogens is 1. The van der Waals surface area contributed by atoms with E-state index in [4.69, 9.17) is 10.5 Å². The zero-order valence-corrected chi connectivity index (χ0v) is 11.9. The van der Waals surface area contributed by atoms with Gasteiger partial charge >= 0.3 is 5.97 Å². The standard InChI is InChI=1S/C15H15NO3.ClH/c1-18-15(17)11-6-8-13(9-7-11)19-14-5-3-2-4-12(14)10-16;/h2-9H,10,16H2,1H3;1H. The van der Waals surface area contributed by atoms with Crippen molar-refractivity contribution in [1.82, 2.24) is 0 Å². The van der Waals surface area contributed by atoms with Crippen molar-refractivity contribution in [2.45, 2.75) is 6.54 Å². The van der Waals surface area contributed by atoms with Crippen LogP contribution in [0.2, 0.25) is 0 Å². The average Bonchev–Trinajstić information content (AvgIpc) is 2.48. The van der Waals surface area contributed by atoms with Crippen LogP contribution in [0.25, 0.3) is 0 Å². The molecule has 0 unspecified atom stereocenters. The highest BCUT2D eigenvalue weighted by Gasteiger charge is 2.06. The van der Waals surface area contributed by atoms with Gasteiger partial charge < -0.3 is 15.2 Å². The number of carbonyl (C=O) groups is 1. The summed E-state index contributed by atoms with van der Waals surface area (Å²) in [5.74, 6) is 0.998. The summed E-state index contributed by atoms with van der Waals surface area (Å²) in [6, 6.07) is 14.3. The first-order valence-corrected chi connectivity index (χ1v) is 5.89. The Bertz CT molecular complexity index is 570. The highest BCUT2D eigenvalue weighted by Crippen LogP contribution is 2.25. The van der Waals surface area contributed by atoms with Crippen LogP contribution in [0.1, 0.15) is 15.9 Å². The van der Waals surface area contributed by atoms with Gasteiger partial charge in [0.1, 0.15) is 11.5 Å². The summed E-state index contributed by atoms with van der Waals surface area (Å²) in [7, 11) is 1.35. The molecule has 0 atom stereocenters. The molecule has 0 saturated heterocycles. The molecule has 0 radical (unpaired) electrons. The molecule has 0 bridgehead atoms. The summed E-state index contributed by atoms with van der Waals surface area (Å²) in [5.41, 5.74) is 7.06. The third-order valence-electron chi connectivity index (χ3n) is 2.70. The molecule has 0 spiro atoms. The molecule has 20 heavy (non-hydrogen) atoms. The number of rotatable bonds is 4.